The van der Waals surface area contributed by atoms with E-state index in [1.165, 1.54) is 25.2 Å². The van der Waals surface area contributed by atoms with Crippen molar-refractivity contribution in [1.82, 2.24) is 24.8 Å². The summed E-state index contributed by atoms with van der Waals surface area (Å²) in [5.74, 6) is -3.14. The molecule has 0 spiro atoms. The molecule has 17 heteroatoms. The molecule has 0 aliphatic carbocycles. The van der Waals surface area contributed by atoms with Gasteiger partial charge >= 0.3 is 12.4 Å². The Bertz CT molecular complexity index is 1470. The number of carbonyl (C=O) groups is 2. The first-order valence-corrected chi connectivity index (χ1v) is 11.5. The van der Waals surface area contributed by atoms with Crippen molar-refractivity contribution in [3.63, 3.8) is 0 Å². The van der Waals surface area contributed by atoms with E-state index in [2.05, 4.69) is 20.7 Å². The van der Waals surface area contributed by atoms with E-state index in [4.69, 9.17) is 5.73 Å². The minimum absolute atomic E-state index is 0.0917. The van der Waals surface area contributed by atoms with Crippen molar-refractivity contribution >= 4 is 28.8 Å². The molecule has 1 aliphatic heterocycles. The first-order chi connectivity index (χ1) is 18.5. The molecule has 1 unspecified atom stereocenters. The van der Waals surface area contributed by atoms with E-state index >= 15 is 0 Å². The van der Waals surface area contributed by atoms with Gasteiger partial charge in [0, 0.05) is 24.8 Å². The van der Waals surface area contributed by atoms with Crippen LogP contribution in [0.1, 0.15) is 22.8 Å². The highest BCUT2D eigenvalue weighted by Gasteiger charge is 2.58. The average molecular weight is 577 g/mol. The minimum atomic E-state index is -5.32. The Kier molecular flexibility index (Phi) is 7.06. The third-order valence-corrected chi connectivity index (χ3v) is 6.54. The van der Waals surface area contributed by atoms with Crippen molar-refractivity contribution < 1.29 is 45.4 Å². The average Bonchev–Trinajstić information content (AvgIpc) is 3.44. The molecule has 216 valence electrons. The Morgan fingerprint density at radius 3 is 2.40 bits per heavy atom. The van der Waals surface area contributed by atoms with Crippen molar-refractivity contribution in [2.24, 2.45) is 0 Å². The lowest BCUT2D eigenvalue weighted by Crippen LogP contribution is -2.56. The van der Waals surface area contributed by atoms with Crippen LogP contribution in [0.5, 0.6) is 0 Å². The number of nitrogens with one attached hydrogen (secondary N) is 2. The van der Waals surface area contributed by atoms with Gasteiger partial charge in [-0.15, -0.1) is 0 Å². The lowest BCUT2D eigenvalue weighted by molar-refractivity contribution is -0.249. The number of amides is 2. The third-order valence-electron chi connectivity index (χ3n) is 6.54. The third kappa shape index (κ3) is 4.96. The van der Waals surface area contributed by atoms with E-state index in [0.29, 0.717) is 4.90 Å². The number of benzene rings is 1. The second-order valence-electron chi connectivity index (χ2n) is 9.23. The molecule has 1 saturated heterocycles. The second kappa shape index (κ2) is 9.79. The van der Waals surface area contributed by atoms with Gasteiger partial charge in [0.05, 0.1) is 29.4 Å². The lowest BCUT2D eigenvalue weighted by atomic mass is 10.0. The van der Waals surface area contributed by atoms with Crippen molar-refractivity contribution in [2.45, 2.75) is 37.1 Å². The number of alkyl halides is 7. The zero-order chi connectivity index (χ0) is 29.8. The zero-order valence-electron chi connectivity index (χ0n) is 20.7. The van der Waals surface area contributed by atoms with Crippen LogP contribution in [0.3, 0.4) is 0 Å². The van der Waals surface area contributed by atoms with E-state index in [0.717, 1.165) is 16.9 Å². The topological polar surface area (TPSA) is 138 Å². The van der Waals surface area contributed by atoms with Gasteiger partial charge in [-0.25, -0.2) is 13.9 Å². The fraction of sp³-hybridized carbons (Fsp3) is 0.391. The number of nitrogens with zero attached hydrogens (tertiary/aromatic N) is 4. The quantitative estimate of drug-likeness (QED) is 0.342. The van der Waals surface area contributed by atoms with Gasteiger partial charge in [-0.05, 0) is 25.1 Å². The maximum Gasteiger partial charge on any atom is 0.426 e. The van der Waals surface area contributed by atoms with Gasteiger partial charge in [0.2, 0.25) is 5.60 Å². The summed E-state index contributed by atoms with van der Waals surface area (Å²) in [7, 11) is 1.45. The van der Waals surface area contributed by atoms with Crippen LogP contribution in [0.15, 0.2) is 30.6 Å². The summed E-state index contributed by atoms with van der Waals surface area (Å²) in [5, 5.41) is 18.5. The molecule has 1 fully saturated rings. The van der Waals surface area contributed by atoms with Crippen LogP contribution in [0.2, 0.25) is 0 Å². The van der Waals surface area contributed by atoms with Crippen LogP contribution >= 0.6 is 0 Å². The van der Waals surface area contributed by atoms with Crippen LogP contribution in [0.4, 0.5) is 42.2 Å². The number of likely N-dealkylation sites (tertiary alicyclic amines) is 1. The van der Waals surface area contributed by atoms with Gasteiger partial charge in [0.15, 0.2) is 5.82 Å². The Morgan fingerprint density at radius 1 is 1.12 bits per heavy atom. The number of halogens is 7. The summed E-state index contributed by atoms with van der Waals surface area (Å²) in [5.41, 5.74) is 0.328. The van der Waals surface area contributed by atoms with Crippen LogP contribution < -0.4 is 16.4 Å². The van der Waals surface area contributed by atoms with Gasteiger partial charge < -0.3 is 26.4 Å². The summed E-state index contributed by atoms with van der Waals surface area (Å²) in [6.45, 7) is -1.24. The molecule has 3 atom stereocenters. The number of hydrogen-bond acceptors (Lipinski definition) is 7. The zero-order valence-corrected chi connectivity index (χ0v) is 20.7. The molecule has 2 aromatic heterocycles. The predicted molar refractivity (Wildman–Crippen MR) is 127 cm³/mol. The molecule has 5 N–H and O–H groups in total. The lowest BCUT2D eigenvalue weighted by Gasteiger charge is -2.29. The van der Waals surface area contributed by atoms with Crippen molar-refractivity contribution in [2.75, 3.05) is 31.2 Å². The molecule has 3 heterocycles. The number of aromatic nitrogens is 3. The Labute approximate surface area is 220 Å². The fourth-order valence-corrected chi connectivity index (χ4v) is 4.34. The number of aliphatic hydroxyl groups is 1. The maximum absolute atomic E-state index is 14.7. The molecule has 10 nitrogen and oxygen atoms in total. The number of carbonyl (C=O) groups excluding carboxylic acids is 2. The number of anilines is 2. The van der Waals surface area contributed by atoms with Crippen LogP contribution in [0.25, 0.3) is 16.8 Å². The monoisotopic (exact) mass is 577 g/mol. The second-order valence-corrected chi connectivity index (χ2v) is 9.23. The van der Waals surface area contributed by atoms with Crippen LogP contribution in [-0.4, -0.2) is 80.5 Å². The molecule has 0 radical (unpaired) electrons. The van der Waals surface area contributed by atoms with Crippen LogP contribution in [-0.2, 0) is 11.0 Å². The van der Waals surface area contributed by atoms with Gasteiger partial charge in [0.1, 0.15) is 18.0 Å². The molecule has 0 saturated carbocycles. The molecule has 40 heavy (non-hydrogen) atoms. The molecular weight excluding hydrogens is 555 g/mol. The Hall–Kier alpha value is -4.15. The van der Waals surface area contributed by atoms with E-state index < -0.39 is 72.0 Å². The number of rotatable bonds is 5. The van der Waals surface area contributed by atoms with Gasteiger partial charge in [-0.1, -0.05) is 6.07 Å². The van der Waals surface area contributed by atoms with Crippen LogP contribution in [0, 0.1) is 0 Å². The Morgan fingerprint density at radius 2 is 1.80 bits per heavy atom. The first kappa shape index (κ1) is 28.8. The largest absolute Gasteiger partial charge is 0.426 e. The summed E-state index contributed by atoms with van der Waals surface area (Å²) < 4.78 is 95.9. The molecule has 4 rings (SSSR count). The van der Waals surface area contributed by atoms with Crippen molar-refractivity contribution in [1.29, 1.82) is 0 Å². The minimum Gasteiger partial charge on any atom is -0.387 e. The highest BCUT2D eigenvalue weighted by atomic mass is 19.4. The highest BCUT2D eigenvalue weighted by Crippen LogP contribution is 2.39. The first-order valence-electron chi connectivity index (χ1n) is 11.5. The molecule has 3 aromatic rings. The van der Waals surface area contributed by atoms with E-state index in [1.54, 1.807) is 0 Å². The van der Waals surface area contributed by atoms with E-state index in [1.807, 2.05) is 0 Å². The maximum atomic E-state index is 14.7. The number of fused-ring (bicyclic) bond motifs is 1. The smallest absolute Gasteiger partial charge is 0.387 e. The molecule has 0 bridgehead atoms. The number of hydrogen-bond donors (Lipinski definition) is 4. The number of nitrogen functional groups attached to an aromatic ring is 1. The van der Waals surface area contributed by atoms with Gasteiger partial charge in [0.25, 0.3) is 11.8 Å². The van der Waals surface area contributed by atoms with Crippen molar-refractivity contribution in [3.05, 3.63) is 41.7 Å². The van der Waals surface area contributed by atoms with E-state index in [9.17, 15) is 45.4 Å². The normalized spacial score (nSPS) is 19.5. The summed E-state index contributed by atoms with van der Waals surface area (Å²) in [4.78, 5) is 29.4. The Balaban J connectivity index is 1.65. The summed E-state index contributed by atoms with van der Waals surface area (Å²) >= 11 is 0. The molecule has 2 amide bonds. The molecular formula is C23H22F7N7O3. The fourth-order valence-electron chi connectivity index (χ4n) is 4.34. The number of nitrogens with two attached hydrogens (primary N) is 1. The van der Waals surface area contributed by atoms with E-state index in [-0.39, 0.29) is 29.4 Å². The van der Waals surface area contributed by atoms with Crippen molar-refractivity contribution in [3.8, 4) is 11.3 Å². The van der Waals surface area contributed by atoms with Gasteiger partial charge in [-0.3, -0.25) is 9.59 Å². The summed E-state index contributed by atoms with van der Waals surface area (Å²) in [6, 6.07) is 3.32. The SMILES string of the molecule is CNc1ccc(-c2cc(C(F)(F)F)c3c(N)ncnn23)cc1C(=O)N[C@@H]1CN(C(=O)C(C)(O)C(F)(F)F)C[C@@H]1F. The summed E-state index contributed by atoms with van der Waals surface area (Å²) in [6.07, 6.45) is -11.1. The highest BCUT2D eigenvalue weighted by molar-refractivity contribution is 6.01. The predicted octanol–water partition coefficient (Wildman–Crippen LogP) is 2.63. The molecule has 1 aromatic carbocycles. The van der Waals surface area contributed by atoms with Gasteiger partial charge in [-0.2, -0.15) is 31.4 Å². The molecule has 1 aliphatic rings. The standard InChI is InChI=1S/C23H22F7N7O3/c1-21(40,23(28,29)30)20(39)36-7-13(24)15(8-36)35-19(38)11-5-10(3-4-14(11)32-2)16-6-12(22(25,26)27)17-18(31)33-9-34-37(16)17/h3-6,9,13,15,32,40H,7-8H2,1-2H3,(H,35,38)(H2,31,33,34)/t13-,15+,21?/m0/s1.